The van der Waals surface area contributed by atoms with Crippen LogP contribution in [0, 0.1) is 0 Å². The first-order valence-electron chi connectivity index (χ1n) is 5.04. The fraction of sp³-hybridized carbons (Fsp3) is 0. The Morgan fingerprint density at radius 1 is 0.889 bits per heavy atom. The Morgan fingerprint density at radius 3 is 2.22 bits per heavy atom. The highest BCUT2D eigenvalue weighted by atomic mass is 35.5. The summed E-state index contributed by atoms with van der Waals surface area (Å²) in [6.07, 6.45) is 0. The molecule has 0 aliphatic carbocycles. The zero-order valence-electron chi connectivity index (χ0n) is 9.08. The van der Waals surface area contributed by atoms with Crippen molar-refractivity contribution in [1.82, 2.24) is 0 Å². The average Bonchev–Trinajstić information content (AvgIpc) is 2.35. The van der Waals surface area contributed by atoms with Crippen molar-refractivity contribution >= 4 is 46.3 Å². The molecule has 5 heteroatoms. The van der Waals surface area contributed by atoms with E-state index in [1.54, 1.807) is 24.3 Å². The van der Waals surface area contributed by atoms with Crippen LogP contribution in [-0.2, 0) is 0 Å². The third-order valence-electron chi connectivity index (χ3n) is 2.42. The molecule has 2 aromatic carbocycles. The highest BCUT2D eigenvalue weighted by Crippen LogP contribution is 2.26. The van der Waals surface area contributed by atoms with Crippen molar-refractivity contribution in [3.05, 3.63) is 62.6 Å². The van der Waals surface area contributed by atoms with Crippen LogP contribution >= 0.6 is 34.8 Å². The lowest BCUT2D eigenvalue weighted by molar-refractivity contribution is 0.103. The smallest absolute Gasteiger partial charge is 0.194 e. The van der Waals surface area contributed by atoms with E-state index in [0.717, 1.165) is 0 Å². The molecular weight excluding hydrogens is 293 g/mol. The predicted octanol–water partition coefficient (Wildman–Crippen LogP) is 4.46. The number of carbonyl (C=O) groups excluding carboxylic acids is 1. The van der Waals surface area contributed by atoms with Gasteiger partial charge in [0.25, 0.3) is 0 Å². The number of anilines is 1. The second-order valence-corrected chi connectivity index (χ2v) is 4.92. The molecule has 0 spiro atoms. The molecule has 2 aromatic rings. The number of carbonyl (C=O) groups is 1. The molecule has 0 heterocycles. The second-order valence-electron chi connectivity index (χ2n) is 3.70. The van der Waals surface area contributed by atoms with Gasteiger partial charge in [0.15, 0.2) is 5.78 Å². The van der Waals surface area contributed by atoms with Crippen LogP contribution in [-0.4, -0.2) is 5.78 Å². The summed E-state index contributed by atoms with van der Waals surface area (Å²) < 4.78 is 0. The van der Waals surface area contributed by atoms with Gasteiger partial charge < -0.3 is 5.73 Å². The van der Waals surface area contributed by atoms with Gasteiger partial charge >= 0.3 is 0 Å². The largest absolute Gasteiger partial charge is 0.399 e. The molecule has 0 aliphatic heterocycles. The van der Waals surface area contributed by atoms with Gasteiger partial charge in [0.05, 0.1) is 15.1 Å². The number of hydrogen-bond acceptors (Lipinski definition) is 2. The normalized spacial score (nSPS) is 10.4. The highest BCUT2D eigenvalue weighted by molar-refractivity contribution is 6.42. The SMILES string of the molecule is Nc1ccc(Cl)c(C(=O)c2ccc(Cl)c(Cl)c2)c1. The van der Waals surface area contributed by atoms with E-state index in [9.17, 15) is 4.79 Å². The first-order valence-corrected chi connectivity index (χ1v) is 6.17. The van der Waals surface area contributed by atoms with Gasteiger partial charge in [-0.05, 0) is 36.4 Å². The summed E-state index contributed by atoms with van der Waals surface area (Å²) >= 11 is 17.6. The molecule has 0 saturated heterocycles. The lowest BCUT2D eigenvalue weighted by Crippen LogP contribution is -2.03. The van der Waals surface area contributed by atoms with E-state index in [2.05, 4.69) is 0 Å². The molecule has 0 bridgehead atoms. The van der Waals surface area contributed by atoms with Gasteiger partial charge in [0, 0.05) is 16.8 Å². The zero-order chi connectivity index (χ0) is 13.3. The topological polar surface area (TPSA) is 43.1 Å². The van der Waals surface area contributed by atoms with Gasteiger partial charge in [0.2, 0.25) is 0 Å². The van der Waals surface area contributed by atoms with Crippen LogP contribution < -0.4 is 5.73 Å². The first kappa shape index (κ1) is 13.2. The summed E-state index contributed by atoms with van der Waals surface area (Å²) in [6.45, 7) is 0. The van der Waals surface area contributed by atoms with Gasteiger partial charge in [-0.3, -0.25) is 4.79 Å². The molecule has 0 aliphatic rings. The number of rotatable bonds is 2. The summed E-state index contributed by atoms with van der Waals surface area (Å²) in [6, 6.07) is 9.42. The summed E-state index contributed by atoms with van der Waals surface area (Å²) in [4.78, 5) is 12.2. The summed E-state index contributed by atoms with van der Waals surface area (Å²) in [7, 11) is 0. The molecule has 92 valence electrons. The van der Waals surface area contributed by atoms with Crippen LogP contribution in [0.15, 0.2) is 36.4 Å². The minimum Gasteiger partial charge on any atom is -0.399 e. The number of benzene rings is 2. The molecule has 2 N–H and O–H groups in total. The van der Waals surface area contributed by atoms with Gasteiger partial charge in [-0.15, -0.1) is 0 Å². The Balaban J connectivity index is 2.47. The summed E-state index contributed by atoms with van der Waals surface area (Å²) in [5.41, 5.74) is 6.87. The van der Waals surface area contributed by atoms with E-state index in [1.165, 1.54) is 12.1 Å². The molecule has 2 nitrogen and oxygen atoms in total. The number of nitrogen functional groups attached to an aromatic ring is 1. The molecule has 2 rings (SSSR count). The summed E-state index contributed by atoms with van der Waals surface area (Å²) in [5.74, 6) is -0.245. The van der Waals surface area contributed by atoms with Crippen LogP contribution in [0.25, 0.3) is 0 Å². The first-order chi connectivity index (χ1) is 8.49. The monoisotopic (exact) mass is 299 g/mol. The molecular formula is C13H8Cl3NO. The van der Waals surface area contributed by atoms with Gasteiger partial charge in [0.1, 0.15) is 0 Å². The van der Waals surface area contributed by atoms with E-state index < -0.39 is 0 Å². The maximum absolute atomic E-state index is 12.2. The van der Waals surface area contributed by atoms with Crippen molar-refractivity contribution in [1.29, 1.82) is 0 Å². The fourth-order valence-corrected chi connectivity index (χ4v) is 2.01. The van der Waals surface area contributed by atoms with E-state index in [0.29, 0.717) is 31.9 Å². The van der Waals surface area contributed by atoms with Crippen molar-refractivity contribution in [2.75, 3.05) is 5.73 Å². The Morgan fingerprint density at radius 2 is 1.56 bits per heavy atom. The molecule has 0 fully saturated rings. The maximum Gasteiger partial charge on any atom is 0.194 e. The summed E-state index contributed by atoms with van der Waals surface area (Å²) in [5, 5.41) is 1.06. The molecule has 0 amide bonds. The Bertz CT molecular complexity index is 626. The molecule has 0 atom stereocenters. The van der Waals surface area contributed by atoms with E-state index >= 15 is 0 Å². The van der Waals surface area contributed by atoms with Crippen LogP contribution in [0.2, 0.25) is 15.1 Å². The van der Waals surface area contributed by atoms with E-state index in [4.69, 9.17) is 40.5 Å². The molecule has 0 saturated carbocycles. The number of halogens is 3. The molecule has 18 heavy (non-hydrogen) atoms. The lowest BCUT2D eigenvalue weighted by atomic mass is 10.0. The van der Waals surface area contributed by atoms with Crippen molar-refractivity contribution in [2.45, 2.75) is 0 Å². The second kappa shape index (κ2) is 5.19. The minimum absolute atomic E-state index is 0.245. The Labute approximate surface area is 119 Å². The van der Waals surface area contributed by atoms with Gasteiger partial charge in [-0.2, -0.15) is 0 Å². The molecule has 0 radical (unpaired) electrons. The van der Waals surface area contributed by atoms with E-state index in [1.807, 2.05) is 0 Å². The average molecular weight is 301 g/mol. The van der Waals surface area contributed by atoms with E-state index in [-0.39, 0.29) is 5.78 Å². The molecule has 0 unspecified atom stereocenters. The van der Waals surface area contributed by atoms with Crippen molar-refractivity contribution in [3.8, 4) is 0 Å². The van der Waals surface area contributed by atoms with Gasteiger partial charge in [-0.1, -0.05) is 34.8 Å². The van der Waals surface area contributed by atoms with Crippen LogP contribution in [0.1, 0.15) is 15.9 Å². The van der Waals surface area contributed by atoms with Crippen molar-refractivity contribution in [3.63, 3.8) is 0 Å². The Hall–Kier alpha value is -1.22. The van der Waals surface area contributed by atoms with Crippen LogP contribution in [0.5, 0.6) is 0 Å². The van der Waals surface area contributed by atoms with Crippen LogP contribution in [0.4, 0.5) is 5.69 Å². The minimum atomic E-state index is -0.245. The van der Waals surface area contributed by atoms with Crippen molar-refractivity contribution < 1.29 is 4.79 Å². The maximum atomic E-state index is 12.2. The standard InChI is InChI=1S/C13H8Cl3NO/c14-10-4-2-8(17)6-9(10)13(18)7-1-3-11(15)12(16)5-7/h1-6H,17H2. The third-order valence-corrected chi connectivity index (χ3v) is 3.49. The quantitative estimate of drug-likeness (QED) is 0.657. The van der Waals surface area contributed by atoms with Gasteiger partial charge in [-0.25, -0.2) is 0 Å². The lowest BCUT2D eigenvalue weighted by Gasteiger charge is -2.06. The highest BCUT2D eigenvalue weighted by Gasteiger charge is 2.14. The molecule has 0 aromatic heterocycles. The van der Waals surface area contributed by atoms with Crippen LogP contribution in [0.3, 0.4) is 0 Å². The Kier molecular flexibility index (Phi) is 3.81. The zero-order valence-corrected chi connectivity index (χ0v) is 11.4. The number of hydrogen-bond donors (Lipinski definition) is 1. The number of nitrogens with two attached hydrogens (primary N) is 1. The number of ketones is 1. The van der Waals surface area contributed by atoms with Crippen molar-refractivity contribution in [2.24, 2.45) is 0 Å². The third kappa shape index (κ3) is 2.61. The fourth-order valence-electron chi connectivity index (χ4n) is 1.51. The predicted molar refractivity (Wildman–Crippen MR) is 75.8 cm³/mol.